The lowest BCUT2D eigenvalue weighted by Crippen LogP contribution is -2.04. The van der Waals surface area contributed by atoms with Crippen molar-refractivity contribution >= 4 is 5.78 Å². The molecule has 0 aliphatic carbocycles. The van der Waals surface area contributed by atoms with Crippen molar-refractivity contribution in [2.75, 3.05) is 7.11 Å². The standard InChI is InChI=1S/C19H15NO3/c1-22-18-9-5-8-17(20-18)19(21)14-10-12-16(13-11-14)23-15-6-3-2-4-7-15/h2-13H,1H3. The zero-order chi connectivity index (χ0) is 16.1. The Morgan fingerprint density at radius 3 is 2.22 bits per heavy atom. The topological polar surface area (TPSA) is 48.4 Å². The first-order valence-corrected chi connectivity index (χ1v) is 7.15. The highest BCUT2D eigenvalue weighted by atomic mass is 16.5. The number of carbonyl (C=O) groups is 1. The summed E-state index contributed by atoms with van der Waals surface area (Å²) in [5, 5.41) is 0. The number of hydrogen-bond acceptors (Lipinski definition) is 4. The molecule has 0 saturated heterocycles. The Morgan fingerprint density at radius 1 is 0.826 bits per heavy atom. The molecule has 4 nitrogen and oxygen atoms in total. The summed E-state index contributed by atoms with van der Waals surface area (Å²) in [5.74, 6) is 1.68. The van der Waals surface area contributed by atoms with Gasteiger partial charge in [0.2, 0.25) is 11.7 Å². The van der Waals surface area contributed by atoms with Gasteiger partial charge in [0.05, 0.1) is 7.11 Å². The molecular formula is C19H15NO3. The SMILES string of the molecule is COc1cccc(C(=O)c2ccc(Oc3ccccc3)cc2)n1. The number of hydrogen-bond donors (Lipinski definition) is 0. The molecule has 2 aromatic carbocycles. The molecule has 0 atom stereocenters. The Bertz CT molecular complexity index is 798. The van der Waals surface area contributed by atoms with Gasteiger partial charge in [0.25, 0.3) is 0 Å². The summed E-state index contributed by atoms with van der Waals surface area (Å²) in [4.78, 5) is 16.6. The lowest BCUT2D eigenvalue weighted by atomic mass is 10.1. The summed E-state index contributed by atoms with van der Waals surface area (Å²) in [6.45, 7) is 0. The van der Waals surface area contributed by atoms with Crippen LogP contribution in [0.3, 0.4) is 0 Å². The number of nitrogens with zero attached hydrogens (tertiary/aromatic N) is 1. The Morgan fingerprint density at radius 2 is 1.52 bits per heavy atom. The first-order chi connectivity index (χ1) is 11.3. The largest absolute Gasteiger partial charge is 0.481 e. The maximum atomic E-state index is 12.4. The van der Waals surface area contributed by atoms with Crippen molar-refractivity contribution in [3.63, 3.8) is 0 Å². The van der Waals surface area contributed by atoms with E-state index in [0.717, 1.165) is 5.75 Å². The van der Waals surface area contributed by atoms with Crippen LogP contribution in [0.25, 0.3) is 0 Å². The number of pyridine rings is 1. The molecule has 3 aromatic rings. The quantitative estimate of drug-likeness (QED) is 0.665. The fraction of sp³-hybridized carbons (Fsp3) is 0.0526. The van der Waals surface area contributed by atoms with Crippen LogP contribution in [0, 0.1) is 0 Å². The predicted molar refractivity (Wildman–Crippen MR) is 87.2 cm³/mol. The third-order valence-corrected chi connectivity index (χ3v) is 3.26. The Hall–Kier alpha value is -3.14. The van der Waals surface area contributed by atoms with Crippen LogP contribution >= 0.6 is 0 Å². The van der Waals surface area contributed by atoms with Crippen LogP contribution in [0.2, 0.25) is 0 Å². The van der Waals surface area contributed by atoms with E-state index in [-0.39, 0.29) is 5.78 Å². The van der Waals surface area contributed by atoms with Gasteiger partial charge in [0.15, 0.2) is 0 Å². The predicted octanol–water partition coefficient (Wildman–Crippen LogP) is 4.11. The minimum absolute atomic E-state index is 0.157. The van der Waals surface area contributed by atoms with Crippen LogP contribution in [-0.4, -0.2) is 17.9 Å². The lowest BCUT2D eigenvalue weighted by Gasteiger charge is -2.06. The third kappa shape index (κ3) is 3.55. The van der Waals surface area contributed by atoms with Gasteiger partial charge in [0.1, 0.15) is 17.2 Å². The molecule has 0 aliphatic rings. The molecule has 3 rings (SSSR count). The van der Waals surface area contributed by atoms with E-state index in [4.69, 9.17) is 9.47 Å². The van der Waals surface area contributed by atoms with Gasteiger partial charge < -0.3 is 9.47 Å². The van der Waals surface area contributed by atoms with E-state index in [1.807, 2.05) is 30.3 Å². The zero-order valence-corrected chi connectivity index (χ0v) is 12.6. The van der Waals surface area contributed by atoms with Crippen molar-refractivity contribution in [3.05, 3.63) is 84.1 Å². The molecule has 23 heavy (non-hydrogen) atoms. The summed E-state index contributed by atoms with van der Waals surface area (Å²) in [6, 6.07) is 21.6. The number of ketones is 1. The van der Waals surface area contributed by atoms with Crippen LogP contribution < -0.4 is 9.47 Å². The van der Waals surface area contributed by atoms with Gasteiger partial charge in [-0.05, 0) is 42.5 Å². The highest BCUT2D eigenvalue weighted by molar-refractivity contribution is 6.07. The second kappa shape index (κ2) is 6.75. The summed E-state index contributed by atoms with van der Waals surface area (Å²) < 4.78 is 10.8. The molecule has 0 bridgehead atoms. The summed E-state index contributed by atoms with van der Waals surface area (Å²) >= 11 is 0. The van der Waals surface area contributed by atoms with Crippen LogP contribution in [-0.2, 0) is 0 Å². The average molecular weight is 305 g/mol. The van der Waals surface area contributed by atoms with Crippen molar-refractivity contribution in [2.45, 2.75) is 0 Å². The molecule has 114 valence electrons. The van der Waals surface area contributed by atoms with Crippen LogP contribution in [0.5, 0.6) is 17.4 Å². The van der Waals surface area contributed by atoms with Gasteiger partial charge in [0, 0.05) is 11.6 Å². The molecule has 0 unspecified atom stereocenters. The van der Waals surface area contributed by atoms with Gasteiger partial charge in [-0.25, -0.2) is 4.98 Å². The third-order valence-electron chi connectivity index (χ3n) is 3.26. The second-order valence-electron chi connectivity index (χ2n) is 4.83. The fourth-order valence-corrected chi connectivity index (χ4v) is 2.10. The van der Waals surface area contributed by atoms with Gasteiger partial charge in [-0.15, -0.1) is 0 Å². The summed E-state index contributed by atoms with van der Waals surface area (Å²) in [5.41, 5.74) is 0.896. The first-order valence-electron chi connectivity index (χ1n) is 7.15. The Labute approximate surface area is 134 Å². The van der Waals surface area contributed by atoms with Gasteiger partial charge in [-0.3, -0.25) is 4.79 Å². The molecule has 0 saturated carbocycles. The zero-order valence-electron chi connectivity index (χ0n) is 12.6. The van der Waals surface area contributed by atoms with Crippen molar-refractivity contribution in [3.8, 4) is 17.4 Å². The van der Waals surface area contributed by atoms with Gasteiger partial charge >= 0.3 is 0 Å². The van der Waals surface area contributed by atoms with Crippen molar-refractivity contribution in [1.82, 2.24) is 4.98 Å². The van der Waals surface area contributed by atoms with Crippen LogP contribution in [0.15, 0.2) is 72.8 Å². The number of benzene rings is 2. The van der Waals surface area contributed by atoms with E-state index >= 15 is 0 Å². The van der Waals surface area contributed by atoms with Crippen molar-refractivity contribution < 1.29 is 14.3 Å². The molecular weight excluding hydrogens is 290 g/mol. The highest BCUT2D eigenvalue weighted by Gasteiger charge is 2.11. The first kappa shape index (κ1) is 14.8. The lowest BCUT2D eigenvalue weighted by molar-refractivity contribution is 0.103. The number of carbonyl (C=O) groups excluding carboxylic acids is 1. The number of methoxy groups -OCH3 is 1. The van der Waals surface area contributed by atoms with E-state index < -0.39 is 0 Å². The number of rotatable bonds is 5. The number of aromatic nitrogens is 1. The maximum Gasteiger partial charge on any atom is 0.213 e. The molecule has 0 spiro atoms. The van der Waals surface area contributed by atoms with Crippen molar-refractivity contribution in [2.24, 2.45) is 0 Å². The Kier molecular flexibility index (Phi) is 4.34. The fourth-order valence-electron chi connectivity index (χ4n) is 2.10. The number of para-hydroxylation sites is 1. The van der Waals surface area contributed by atoms with E-state index in [1.165, 1.54) is 7.11 Å². The molecule has 0 N–H and O–H groups in total. The molecule has 0 amide bonds. The highest BCUT2D eigenvalue weighted by Crippen LogP contribution is 2.22. The van der Waals surface area contributed by atoms with Gasteiger partial charge in [-0.2, -0.15) is 0 Å². The molecule has 0 radical (unpaired) electrons. The van der Waals surface area contributed by atoms with E-state index in [1.54, 1.807) is 42.5 Å². The minimum Gasteiger partial charge on any atom is -0.481 e. The minimum atomic E-state index is -0.157. The number of ether oxygens (including phenoxy) is 2. The van der Waals surface area contributed by atoms with Gasteiger partial charge in [-0.1, -0.05) is 24.3 Å². The molecule has 4 heteroatoms. The summed E-state index contributed by atoms with van der Waals surface area (Å²) in [6.07, 6.45) is 0. The second-order valence-corrected chi connectivity index (χ2v) is 4.83. The molecule has 1 aromatic heterocycles. The normalized spacial score (nSPS) is 10.1. The summed E-state index contributed by atoms with van der Waals surface area (Å²) in [7, 11) is 1.52. The average Bonchev–Trinajstić information content (AvgIpc) is 2.63. The molecule has 0 aliphatic heterocycles. The van der Waals surface area contributed by atoms with Crippen LogP contribution in [0.4, 0.5) is 0 Å². The van der Waals surface area contributed by atoms with E-state index in [2.05, 4.69) is 4.98 Å². The van der Waals surface area contributed by atoms with Crippen LogP contribution in [0.1, 0.15) is 16.1 Å². The van der Waals surface area contributed by atoms with E-state index in [9.17, 15) is 4.79 Å². The Balaban J connectivity index is 1.77. The van der Waals surface area contributed by atoms with E-state index in [0.29, 0.717) is 22.9 Å². The maximum absolute atomic E-state index is 12.4. The molecule has 1 heterocycles. The molecule has 0 fully saturated rings. The van der Waals surface area contributed by atoms with Crippen molar-refractivity contribution in [1.29, 1.82) is 0 Å². The smallest absolute Gasteiger partial charge is 0.213 e. The monoisotopic (exact) mass is 305 g/mol.